The van der Waals surface area contributed by atoms with Crippen molar-refractivity contribution < 1.29 is 9.47 Å². The molecule has 9 heteroatoms. The number of methoxy groups -OCH3 is 1. The summed E-state index contributed by atoms with van der Waals surface area (Å²) >= 11 is 0. The Bertz CT molecular complexity index is 1150. The molecular weight excluding hydrogens is 420 g/mol. The lowest BCUT2D eigenvalue weighted by atomic mass is 9.92. The van der Waals surface area contributed by atoms with Crippen LogP contribution < -0.4 is 10.3 Å². The minimum absolute atomic E-state index is 0.104. The first kappa shape index (κ1) is 22.0. The standard InChI is InChI=1S/C24H32N6O3/c1-29(17-7-4-3-5-8-17)22(23-26-27-28-30(23)15-19-9-6-12-33-19)20-14-16-13-18(32-2)10-11-21(16)25-24(20)31/h10-11,13-14,17,19,22H,3-9,12,15H2,1-2H3,(H,25,31)/t19-,22-/m1/s1. The number of fused-ring (bicyclic) bond motifs is 1. The van der Waals surface area contributed by atoms with Gasteiger partial charge in [-0.25, -0.2) is 4.68 Å². The predicted molar refractivity (Wildman–Crippen MR) is 124 cm³/mol. The second-order valence-electron chi connectivity index (χ2n) is 9.22. The number of aromatic nitrogens is 5. The predicted octanol–water partition coefficient (Wildman–Crippen LogP) is 3.06. The number of aromatic amines is 1. The topological polar surface area (TPSA) is 98.2 Å². The van der Waals surface area contributed by atoms with E-state index in [1.165, 1.54) is 19.3 Å². The Morgan fingerprint density at radius 3 is 2.82 bits per heavy atom. The Kier molecular flexibility index (Phi) is 6.41. The molecule has 1 aliphatic carbocycles. The fraction of sp³-hybridized carbons (Fsp3) is 0.583. The van der Waals surface area contributed by atoms with Crippen LogP contribution in [0, 0.1) is 0 Å². The van der Waals surface area contributed by atoms with E-state index in [2.05, 4.69) is 32.5 Å². The highest BCUT2D eigenvalue weighted by atomic mass is 16.5. The van der Waals surface area contributed by atoms with Gasteiger partial charge in [0.05, 0.1) is 19.8 Å². The van der Waals surface area contributed by atoms with Crippen molar-refractivity contribution >= 4 is 10.9 Å². The summed E-state index contributed by atoms with van der Waals surface area (Å²) in [5, 5.41) is 13.6. The molecule has 1 saturated heterocycles. The van der Waals surface area contributed by atoms with E-state index in [0.717, 1.165) is 48.9 Å². The summed E-state index contributed by atoms with van der Waals surface area (Å²) in [5.74, 6) is 1.44. The normalized spacial score (nSPS) is 20.5. The molecule has 33 heavy (non-hydrogen) atoms. The number of hydrogen-bond donors (Lipinski definition) is 1. The molecule has 0 spiro atoms. The summed E-state index contributed by atoms with van der Waals surface area (Å²) in [4.78, 5) is 18.7. The van der Waals surface area contributed by atoms with Crippen LogP contribution >= 0.6 is 0 Å². The van der Waals surface area contributed by atoms with Gasteiger partial charge in [0.1, 0.15) is 11.8 Å². The monoisotopic (exact) mass is 452 g/mol. The molecule has 0 bridgehead atoms. The largest absolute Gasteiger partial charge is 0.497 e. The smallest absolute Gasteiger partial charge is 0.253 e. The molecule has 0 amide bonds. The Labute approximate surface area is 193 Å². The van der Waals surface area contributed by atoms with Crippen molar-refractivity contribution in [2.45, 2.75) is 69.7 Å². The van der Waals surface area contributed by atoms with Gasteiger partial charge in [-0.15, -0.1) is 5.10 Å². The van der Waals surface area contributed by atoms with Crippen molar-refractivity contribution in [2.75, 3.05) is 20.8 Å². The molecule has 3 heterocycles. The SMILES string of the molecule is COc1ccc2[nH]c(=O)c([C@H](c3nnnn3C[C@H]3CCCO3)N(C)C3CCCCC3)cc2c1. The molecule has 3 aromatic rings. The van der Waals surface area contributed by atoms with Crippen LogP contribution in [0.4, 0.5) is 0 Å². The number of hydrogen-bond acceptors (Lipinski definition) is 7. The van der Waals surface area contributed by atoms with Crippen LogP contribution in [0.5, 0.6) is 5.75 Å². The number of nitrogens with zero attached hydrogens (tertiary/aromatic N) is 5. The van der Waals surface area contributed by atoms with E-state index in [1.807, 2.05) is 28.9 Å². The molecule has 2 aliphatic rings. The van der Waals surface area contributed by atoms with E-state index in [0.29, 0.717) is 24.0 Å². The summed E-state index contributed by atoms with van der Waals surface area (Å²) < 4.78 is 13.1. The number of tetrazole rings is 1. The van der Waals surface area contributed by atoms with Gasteiger partial charge < -0.3 is 14.5 Å². The van der Waals surface area contributed by atoms with Crippen LogP contribution in [0.25, 0.3) is 10.9 Å². The zero-order valence-electron chi connectivity index (χ0n) is 19.4. The average molecular weight is 453 g/mol. The third kappa shape index (κ3) is 4.52. The fourth-order valence-electron chi connectivity index (χ4n) is 5.29. The van der Waals surface area contributed by atoms with Crippen LogP contribution in [-0.4, -0.2) is 63.0 Å². The maximum Gasteiger partial charge on any atom is 0.253 e. The molecule has 0 unspecified atom stereocenters. The lowest BCUT2D eigenvalue weighted by Gasteiger charge is -2.36. The van der Waals surface area contributed by atoms with Gasteiger partial charge in [0.2, 0.25) is 0 Å². The van der Waals surface area contributed by atoms with Gasteiger partial charge in [-0.3, -0.25) is 9.69 Å². The molecule has 5 rings (SSSR count). The molecule has 2 fully saturated rings. The highest BCUT2D eigenvalue weighted by molar-refractivity contribution is 5.80. The number of pyridine rings is 1. The summed E-state index contributed by atoms with van der Waals surface area (Å²) in [7, 11) is 3.74. The Morgan fingerprint density at radius 1 is 1.21 bits per heavy atom. The number of H-pyrrole nitrogens is 1. The van der Waals surface area contributed by atoms with E-state index in [9.17, 15) is 4.79 Å². The van der Waals surface area contributed by atoms with Crippen molar-refractivity contribution in [3.05, 3.63) is 46.0 Å². The lowest BCUT2D eigenvalue weighted by Crippen LogP contribution is -2.40. The van der Waals surface area contributed by atoms with Gasteiger partial charge in [-0.1, -0.05) is 19.3 Å². The molecular formula is C24H32N6O3. The summed E-state index contributed by atoms with van der Waals surface area (Å²) in [6.45, 7) is 1.37. The first-order valence-corrected chi connectivity index (χ1v) is 11.9. The quantitative estimate of drug-likeness (QED) is 0.588. The van der Waals surface area contributed by atoms with Crippen LogP contribution in [0.1, 0.15) is 62.4 Å². The van der Waals surface area contributed by atoms with Gasteiger partial charge in [-0.2, -0.15) is 0 Å². The Hall–Kier alpha value is -2.78. The second kappa shape index (κ2) is 9.61. The fourth-order valence-corrected chi connectivity index (χ4v) is 5.29. The van der Waals surface area contributed by atoms with Gasteiger partial charge in [0.15, 0.2) is 5.82 Å². The van der Waals surface area contributed by atoms with Crippen molar-refractivity contribution in [1.82, 2.24) is 30.1 Å². The number of benzene rings is 1. The molecule has 1 aromatic carbocycles. The van der Waals surface area contributed by atoms with Crippen LogP contribution in [0.2, 0.25) is 0 Å². The van der Waals surface area contributed by atoms with E-state index >= 15 is 0 Å². The van der Waals surface area contributed by atoms with Gasteiger partial charge in [0.25, 0.3) is 5.56 Å². The van der Waals surface area contributed by atoms with E-state index in [4.69, 9.17) is 9.47 Å². The Balaban J connectivity index is 1.59. The average Bonchev–Trinajstić information content (AvgIpc) is 3.53. The molecule has 9 nitrogen and oxygen atoms in total. The van der Waals surface area contributed by atoms with Crippen molar-refractivity contribution in [3.63, 3.8) is 0 Å². The van der Waals surface area contributed by atoms with Crippen molar-refractivity contribution in [2.24, 2.45) is 0 Å². The van der Waals surface area contributed by atoms with Gasteiger partial charge in [-0.05, 0) is 67.4 Å². The van der Waals surface area contributed by atoms with Crippen LogP contribution in [0.15, 0.2) is 29.1 Å². The molecule has 2 atom stereocenters. The third-order valence-electron chi connectivity index (χ3n) is 7.14. The highest BCUT2D eigenvalue weighted by Gasteiger charge is 2.33. The zero-order valence-corrected chi connectivity index (χ0v) is 19.4. The van der Waals surface area contributed by atoms with E-state index in [-0.39, 0.29) is 17.7 Å². The number of ether oxygens (including phenoxy) is 2. The third-order valence-corrected chi connectivity index (χ3v) is 7.14. The Morgan fingerprint density at radius 2 is 2.06 bits per heavy atom. The molecule has 176 valence electrons. The number of rotatable bonds is 7. The number of nitrogens with one attached hydrogen (secondary N) is 1. The minimum Gasteiger partial charge on any atom is -0.497 e. The van der Waals surface area contributed by atoms with Gasteiger partial charge in [0, 0.05) is 29.1 Å². The van der Waals surface area contributed by atoms with Crippen LogP contribution in [0.3, 0.4) is 0 Å². The maximum atomic E-state index is 13.4. The molecule has 1 aliphatic heterocycles. The van der Waals surface area contributed by atoms with E-state index < -0.39 is 0 Å². The highest BCUT2D eigenvalue weighted by Crippen LogP contribution is 2.33. The summed E-state index contributed by atoms with van der Waals surface area (Å²) in [6.07, 6.45) is 8.05. The second-order valence-corrected chi connectivity index (χ2v) is 9.22. The van der Waals surface area contributed by atoms with Gasteiger partial charge >= 0.3 is 0 Å². The van der Waals surface area contributed by atoms with Crippen molar-refractivity contribution in [1.29, 1.82) is 0 Å². The van der Waals surface area contributed by atoms with Crippen molar-refractivity contribution in [3.8, 4) is 5.75 Å². The summed E-state index contributed by atoms with van der Waals surface area (Å²) in [5.41, 5.74) is 1.31. The molecule has 1 saturated carbocycles. The first-order chi connectivity index (χ1) is 16.1. The molecule has 2 aromatic heterocycles. The summed E-state index contributed by atoms with van der Waals surface area (Å²) in [6, 6.07) is 7.65. The lowest BCUT2D eigenvalue weighted by molar-refractivity contribution is 0.0894. The molecule has 0 radical (unpaired) electrons. The first-order valence-electron chi connectivity index (χ1n) is 11.9. The van der Waals surface area contributed by atoms with Crippen LogP contribution in [-0.2, 0) is 11.3 Å². The maximum absolute atomic E-state index is 13.4. The van der Waals surface area contributed by atoms with E-state index in [1.54, 1.807) is 7.11 Å². The zero-order chi connectivity index (χ0) is 22.8. The molecule has 1 N–H and O–H groups in total. The minimum atomic E-state index is -0.358.